The fourth-order valence-corrected chi connectivity index (χ4v) is 3.08. The maximum Gasteiger partial charge on any atom is 0.328 e. The molecule has 4 aromatic rings. The van der Waals surface area contributed by atoms with Crippen molar-refractivity contribution in [2.75, 3.05) is 0 Å². The van der Waals surface area contributed by atoms with Crippen molar-refractivity contribution in [3.05, 3.63) is 74.4 Å². The molecule has 29 heavy (non-hydrogen) atoms. The molecule has 146 valence electrons. The molecule has 1 N–H and O–H groups in total. The van der Waals surface area contributed by atoms with Crippen LogP contribution >= 0.6 is 0 Å². The molecule has 0 unspecified atom stereocenters. The van der Waals surface area contributed by atoms with Crippen molar-refractivity contribution < 1.29 is 14.1 Å². The Morgan fingerprint density at radius 2 is 1.90 bits per heavy atom. The highest BCUT2D eigenvalue weighted by atomic mass is 16.6. The second-order valence-corrected chi connectivity index (χ2v) is 6.44. The van der Waals surface area contributed by atoms with Crippen LogP contribution in [0.2, 0.25) is 0 Å². The van der Waals surface area contributed by atoms with E-state index in [0.29, 0.717) is 16.5 Å². The van der Waals surface area contributed by atoms with Gasteiger partial charge in [-0.25, -0.2) is 10.2 Å². The lowest BCUT2D eigenvalue weighted by Gasteiger charge is -1.98. The van der Waals surface area contributed by atoms with Crippen molar-refractivity contribution >= 4 is 39.8 Å². The molecule has 0 spiro atoms. The lowest BCUT2D eigenvalue weighted by atomic mass is 10.2. The number of nitrogens with zero attached hydrogens (tertiary/aromatic N) is 4. The van der Waals surface area contributed by atoms with Crippen LogP contribution in [-0.4, -0.2) is 26.2 Å². The number of hydrazone groups is 1. The van der Waals surface area contributed by atoms with Gasteiger partial charge >= 0.3 is 11.6 Å². The highest BCUT2D eigenvalue weighted by Crippen LogP contribution is 2.24. The van der Waals surface area contributed by atoms with Crippen LogP contribution < -0.4 is 11.1 Å². The number of non-ortho nitro benzene ring substituents is 1. The molecule has 10 nitrogen and oxygen atoms in total. The van der Waals surface area contributed by atoms with Gasteiger partial charge in [0.15, 0.2) is 5.76 Å². The second kappa shape index (κ2) is 6.75. The number of nitrogens with one attached hydrogen (secondary N) is 1. The number of carbonyl (C=O) groups excluding carboxylic acids is 1. The van der Waals surface area contributed by atoms with E-state index in [0.717, 1.165) is 11.0 Å². The fourth-order valence-electron chi connectivity index (χ4n) is 3.08. The van der Waals surface area contributed by atoms with Gasteiger partial charge in [-0.2, -0.15) is 5.10 Å². The largest absolute Gasteiger partial charge is 0.451 e. The van der Waals surface area contributed by atoms with Gasteiger partial charge in [0, 0.05) is 31.6 Å². The third-order valence-corrected chi connectivity index (χ3v) is 4.61. The van der Waals surface area contributed by atoms with Gasteiger partial charge in [0.2, 0.25) is 0 Å². The van der Waals surface area contributed by atoms with Crippen molar-refractivity contribution in [1.29, 1.82) is 0 Å². The SMILES string of the molecule is Cn1c(=O)n(C)c2cc(/C=N\NC(=O)c3cc4cc([N+](=O)[O-])ccc4o3)ccc21. The van der Waals surface area contributed by atoms with Gasteiger partial charge in [0.05, 0.1) is 22.2 Å². The number of rotatable bonds is 4. The van der Waals surface area contributed by atoms with Gasteiger partial charge in [0.25, 0.3) is 5.69 Å². The number of aromatic nitrogens is 2. The molecule has 0 fully saturated rings. The topological polar surface area (TPSA) is 125 Å². The molecule has 0 bridgehead atoms. The molecule has 2 aromatic carbocycles. The van der Waals surface area contributed by atoms with Gasteiger partial charge in [-0.05, 0) is 29.8 Å². The van der Waals surface area contributed by atoms with Crippen molar-refractivity contribution in [2.45, 2.75) is 0 Å². The van der Waals surface area contributed by atoms with Gasteiger partial charge in [-0.3, -0.25) is 24.0 Å². The third kappa shape index (κ3) is 3.16. The van der Waals surface area contributed by atoms with Crippen LogP contribution in [0.3, 0.4) is 0 Å². The molecule has 0 aliphatic carbocycles. The molecule has 2 aromatic heterocycles. The van der Waals surface area contributed by atoms with Crippen LogP contribution in [0.4, 0.5) is 5.69 Å². The minimum atomic E-state index is -0.590. The third-order valence-electron chi connectivity index (χ3n) is 4.61. The van der Waals surface area contributed by atoms with Crippen LogP contribution in [0.1, 0.15) is 16.1 Å². The molecular formula is C19H15N5O5. The lowest BCUT2D eigenvalue weighted by molar-refractivity contribution is -0.384. The van der Waals surface area contributed by atoms with Crippen LogP contribution in [0.25, 0.3) is 22.0 Å². The Balaban J connectivity index is 1.53. The molecule has 0 saturated heterocycles. The predicted molar refractivity (Wildman–Crippen MR) is 106 cm³/mol. The van der Waals surface area contributed by atoms with E-state index in [-0.39, 0.29) is 17.1 Å². The summed E-state index contributed by atoms with van der Waals surface area (Å²) in [5, 5.41) is 15.2. The Labute approximate surface area is 162 Å². The number of hydrogen-bond acceptors (Lipinski definition) is 6. The Hall–Kier alpha value is -4.21. The van der Waals surface area contributed by atoms with E-state index in [2.05, 4.69) is 10.5 Å². The molecular weight excluding hydrogens is 378 g/mol. The summed E-state index contributed by atoms with van der Waals surface area (Å²) in [5.41, 5.74) is 4.72. The summed E-state index contributed by atoms with van der Waals surface area (Å²) in [6.45, 7) is 0. The van der Waals surface area contributed by atoms with E-state index in [4.69, 9.17) is 4.42 Å². The molecule has 0 aliphatic heterocycles. The number of carbonyl (C=O) groups is 1. The lowest BCUT2D eigenvalue weighted by Crippen LogP contribution is -2.19. The summed E-state index contributed by atoms with van der Waals surface area (Å²) < 4.78 is 8.48. The quantitative estimate of drug-likeness (QED) is 0.324. The van der Waals surface area contributed by atoms with Gasteiger partial charge in [0.1, 0.15) is 5.58 Å². The first kappa shape index (κ1) is 18.2. The summed E-state index contributed by atoms with van der Waals surface area (Å²) >= 11 is 0. The summed E-state index contributed by atoms with van der Waals surface area (Å²) in [6, 6.07) is 10.8. The molecule has 0 saturated carbocycles. The van der Waals surface area contributed by atoms with Crippen LogP contribution in [0.15, 0.2) is 56.8 Å². The van der Waals surface area contributed by atoms with Crippen molar-refractivity contribution in [1.82, 2.24) is 14.6 Å². The van der Waals surface area contributed by atoms with Gasteiger partial charge < -0.3 is 4.42 Å². The number of nitro groups is 1. The number of fused-ring (bicyclic) bond motifs is 2. The summed E-state index contributed by atoms with van der Waals surface area (Å²) in [4.78, 5) is 34.5. The molecule has 10 heteroatoms. The maximum absolute atomic E-state index is 12.2. The number of hydrogen-bond donors (Lipinski definition) is 1. The first-order valence-corrected chi connectivity index (χ1v) is 8.52. The zero-order valence-electron chi connectivity index (χ0n) is 15.4. The van der Waals surface area contributed by atoms with Gasteiger partial charge in [-0.1, -0.05) is 6.07 Å². The Morgan fingerprint density at radius 3 is 2.66 bits per heavy atom. The Kier molecular flexibility index (Phi) is 4.23. The van der Waals surface area contributed by atoms with Gasteiger partial charge in [-0.15, -0.1) is 0 Å². The zero-order chi connectivity index (χ0) is 20.7. The molecule has 0 radical (unpaired) electrons. The molecule has 0 aliphatic rings. The zero-order valence-corrected chi connectivity index (χ0v) is 15.4. The monoisotopic (exact) mass is 393 g/mol. The van der Waals surface area contributed by atoms with E-state index < -0.39 is 10.8 Å². The van der Waals surface area contributed by atoms with E-state index in [1.54, 1.807) is 36.9 Å². The van der Waals surface area contributed by atoms with E-state index >= 15 is 0 Å². The number of furan rings is 1. The first-order chi connectivity index (χ1) is 13.8. The maximum atomic E-state index is 12.2. The molecule has 4 rings (SSSR count). The number of benzene rings is 2. The number of imidazole rings is 1. The van der Waals surface area contributed by atoms with Crippen molar-refractivity contribution in [3.8, 4) is 0 Å². The standard InChI is InChI=1S/C19H15N5O5/c1-22-14-5-3-11(7-15(14)23(2)19(22)26)10-20-21-18(25)17-9-12-8-13(24(27)28)4-6-16(12)29-17/h3-10H,1-2H3,(H,21,25)/b20-10-. The molecule has 1 amide bonds. The Morgan fingerprint density at radius 1 is 1.14 bits per heavy atom. The summed E-state index contributed by atoms with van der Waals surface area (Å²) in [5.74, 6) is -0.605. The average Bonchev–Trinajstić information content (AvgIpc) is 3.23. The first-order valence-electron chi connectivity index (χ1n) is 8.52. The molecule has 0 atom stereocenters. The van der Waals surface area contributed by atoms with Crippen molar-refractivity contribution in [2.24, 2.45) is 19.2 Å². The molecule has 2 heterocycles. The summed E-state index contributed by atoms with van der Waals surface area (Å²) in [6.07, 6.45) is 1.45. The van der Waals surface area contributed by atoms with Crippen LogP contribution in [0.5, 0.6) is 0 Å². The number of nitro benzene ring substituents is 1. The average molecular weight is 393 g/mol. The minimum absolute atomic E-state index is 0.0152. The van der Waals surface area contributed by atoms with E-state index in [9.17, 15) is 19.7 Å². The highest BCUT2D eigenvalue weighted by molar-refractivity contribution is 5.97. The number of amides is 1. The van der Waals surface area contributed by atoms with E-state index in [1.165, 1.54) is 35.0 Å². The van der Waals surface area contributed by atoms with Crippen LogP contribution in [0, 0.1) is 10.1 Å². The van der Waals surface area contributed by atoms with E-state index in [1.807, 2.05) is 0 Å². The minimum Gasteiger partial charge on any atom is -0.451 e. The second-order valence-electron chi connectivity index (χ2n) is 6.44. The Bertz CT molecular complexity index is 1380. The smallest absolute Gasteiger partial charge is 0.328 e. The highest BCUT2D eigenvalue weighted by Gasteiger charge is 2.14. The summed E-state index contributed by atoms with van der Waals surface area (Å²) in [7, 11) is 3.37. The fraction of sp³-hybridized carbons (Fsp3) is 0.105. The number of aryl methyl sites for hydroxylation is 2. The predicted octanol–water partition coefficient (Wildman–Crippen LogP) is 2.30. The van der Waals surface area contributed by atoms with Crippen molar-refractivity contribution in [3.63, 3.8) is 0 Å². The van der Waals surface area contributed by atoms with Crippen LogP contribution in [-0.2, 0) is 14.1 Å². The normalized spacial score (nSPS) is 11.5.